The smallest absolute Gasteiger partial charge is 0.433 e. The lowest BCUT2D eigenvalue weighted by Crippen LogP contribution is -2.52. The summed E-state index contributed by atoms with van der Waals surface area (Å²) in [5.74, 6) is 0. The number of nitrogens with zero attached hydrogens (tertiary/aromatic N) is 2. The van der Waals surface area contributed by atoms with Crippen molar-refractivity contribution in [3.63, 3.8) is 0 Å². The summed E-state index contributed by atoms with van der Waals surface area (Å²) in [6, 6.07) is 12.3. The van der Waals surface area contributed by atoms with Gasteiger partial charge in [-0.25, -0.2) is 9.78 Å². The molecule has 4 rings (SSSR count). The fourth-order valence-electron chi connectivity index (χ4n) is 4.38. The van der Waals surface area contributed by atoms with Crippen LogP contribution in [0, 0.1) is 0 Å². The highest BCUT2D eigenvalue weighted by Gasteiger charge is 2.51. The Morgan fingerprint density at radius 2 is 1.76 bits per heavy atom. The Kier molecular flexibility index (Phi) is 4.98. The highest BCUT2D eigenvalue weighted by molar-refractivity contribution is 5.69. The maximum Gasteiger partial charge on any atom is 0.433 e. The van der Waals surface area contributed by atoms with Gasteiger partial charge in [0.25, 0.3) is 0 Å². The number of piperidine rings is 1. The zero-order valence-corrected chi connectivity index (χ0v) is 15.6. The molecule has 2 saturated heterocycles. The molecule has 0 radical (unpaired) electrons. The summed E-state index contributed by atoms with van der Waals surface area (Å²) in [6.07, 6.45) is -3.41. The SMILES string of the molecule is O=C(OCc1ccccc1)N1C2CCC1CC(O)(c1cccc(C(F)(F)F)n1)C2. The second-order valence-electron chi connectivity index (χ2n) is 7.68. The van der Waals surface area contributed by atoms with Crippen molar-refractivity contribution in [2.75, 3.05) is 0 Å². The molecular weight excluding hydrogens is 385 g/mol. The van der Waals surface area contributed by atoms with E-state index in [4.69, 9.17) is 4.74 Å². The molecule has 0 aliphatic carbocycles. The van der Waals surface area contributed by atoms with E-state index in [9.17, 15) is 23.1 Å². The summed E-state index contributed by atoms with van der Waals surface area (Å²) < 4.78 is 44.4. The first-order valence-corrected chi connectivity index (χ1v) is 9.52. The average Bonchev–Trinajstić information content (AvgIpc) is 2.98. The number of aromatic nitrogens is 1. The Morgan fingerprint density at radius 1 is 1.10 bits per heavy atom. The quantitative estimate of drug-likeness (QED) is 0.828. The van der Waals surface area contributed by atoms with E-state index < -0.39 is 23.6 Å². The van der Waals surface area contributed by atoms with E-state index in [0.717, 1.165) is 11.6 Å². The number of halogens is 3. The van der Waals surface area contributed by atoms with Crippen LogP contribution in [0.4, 0.5) is 18.0 Å². The summed E-state index contributed by atoms with van der Waals surface area (Å²) >= 11 is 0. The normalized spacial score (nSPS) is 26.4. The van der Waals surface area contributed by atoms with Crippen LogP contribution in [-0.4, -0.2) is 33.2 Å². The summed E-state index contributed by atoms with van der Waals surface area (Å²) in [7, 11) is 0. The van der Waals surface area contributed by atoms with Gasteiger partial charge >= 0.3 is 12.3 Å². The highest BCUT2D eigenvalue weighted by atomic mass is 19.4. The minimum Gasteiger partial charge on any atom is -0.445 e. The van der Waals surface area contributed by atoms with Gasteiger partial charge in [-0.05, 0) is 30.5 Å². The fourth-order valence-corrected chi connectivity index (χ4v) is 4.38. The molecule has 2 aromatic rings. The number of hydrogen-bond acceptors (Lipinski definition) is 4. The first-order chi connectivity index (χ1) is 13.8. The summed E-state index contributed by atoms with van der Waals surface area (Å²) in [6.45, 7) is 0.148. The highest BCUT2D eigenvalue weighted by Crippen LogP contribution is 2.46. The van der Waals surface area contributed by atoms with E-state index in [1.807, 2.05) is 30.3 Å². The Labute approximate surface area is 166 Å². The van der Waals surface area contributed by atoms with Crippen molar-refractivity contribution in [3.8, 4) is 0 Å². The largest absolute Gasteiger partial charge is 0.445 e. The molecule has 8 heteroatoms. The van der Waals surface area contributed by atoms with E-state index in [2.05, 4.69) is 4.98 Å². The maximum atomic E-state index is 13.0. The number of carbonyl (C=O) groups is 1. The second kappa shape index (κ2) is 7.33. The predicted octanol–water partition coefficient (Wildman–Crippen LogP) is 4.25. The van der Waals surface area contributed by atoms with Crippen LogP contribution in [0.2, 0.25) is 0 Å². The summed E-state index contributed by atoms with van der Waals surface area (Å²) in [5, 5.41) is 11.1. The molecule has 2 fully saturated rings. The number of ether oxygens (including phenoxy) is 1. The zero-order valence-electron chi connectivity index (χ0n) is 15.6. The van der Waals surface area contributed by atoms with E-state index in [0.29, 0.717) is 12.8 Å². The average molecular weight is 406 g/mol. The minimum atomic E-state index is -4.58. The van der Waals surface area contributed by atoms with E-state index in [1.54, 1.807) is 4.90 Å². The number of carbonyl (C=O) groups excluding carboxylic acids is 1. The molecule has 2 bridgehead atoms. The van der Waals surface area contributed by atoms with Crippen LogP contribution in [0.1, 0.15) is 42.6 Å². The summed E-state index contributed by atoms with van der Waals surface area (Å²) in [5.41, 5.74) is -1.65. The number of amides is 1. The van der Waals surface area contributed by atoms with Crippen molar-refractivity contribution in [1.82, 2.24) is 9.88 Å². The van der Waals surface area contributed by atoms with Crippen molar-refractivity contribution >= 4 is 6.09 Å². The zero-order chi connectivity index (χ0) is 20.6. The van der Waals surface area contributed by atoms with Gasteiger partial charge in [0, 0.05) is 24.9 Å². The molecule has 1 aromatic carbocycles. The van der Waals surface area contributed by atoms with Gasteiger partial charge in [-0.1, -0.05) is 36.4 Å². The molecule has 0 spiro atoms. The first-order valence-electron chi connectivity index (χ1n) is 9.52. The summed E-state index contributed by atoms with van der Waals surface area (Å²) in [4.78, 5) is 17.9. The Hall–Kier alpha value is -2.61. The molecule has 1 aromatic heterocycles. The molecule has 3 heterocycles. The maximum absolute atomic E-state index is 13.0. The number of aliphatic hydroxyl groups is 1. The first kappa shape index (κ1) is 19.7. The second-order valence-corrected chi connectivity index (χ2v) is 7.68. The van der Waals surface area contributed by atoms with Gasteiger partial charge in [-0.2, -0.15) is 13.2 Å². The predicted molar refractivity (Wildman–Crippen MR) is 97.6 cm³/mol. The fraction of sp³-hybridized carbons (Fsp3) is 0.429. The van der Waals surface area contributed by atoms with Crippen LogP contribution in [0.15, 0.2) is 48.5 Å². The van der Waals surface area contributed by atoms with E-state index in [1.165, 1.54) is 12.1 Å². The molecule has 0 saturated carbocycles. The number of rotatable bonds is 3. The van der Waals surface area contributed by atoms with Gasteiger partial charge in [0.05, 0.1) is 5.69 Å². The van der Waals surface area contributed by atoms with Crippen molar-refractivity contribution in [1.29, 1.82) is 0 Å². The van der Waals surface area contributed by atoms with Crippen LogP contribution in [0.5, 0.6) is 0 Å². The van der Waals surface area contributed by atoms with Gasteiger partial charge in [0.1, 0.15) is 17.9 Å². The third-order valence-corrected chi connectivity index (χ3v) is 5.70. The molecule has 2 atom stereocenters. The molecule has 154 valence electrons. The number of alkyl halides is 3. The topological polar surface area (TPSA) is 62.7 Å². The number of fused-ring (bicyclic) bond motifs is 2. The van der Waals surface area contributed by atoms with Gasteiger partial charge < -0.3 is 14.7 Å². The monoisotopic (exact) mass is 406 g/mol. The molecule has 2 aliphatic rings. The van der Waals surface area contributed by atoms with Gasteiger partial charge in [0.15, 0.2) is 0 Å². The minimum absolute atomic E-state index is 0.00141. The van der Waals surface area contributed by atoms with Crippen LogP contribution in [-0.2, 0) is 23.1 Å². The Balaban J connectivity index is 1.48. The molecule has 1 amide bonds. The standard InChI is InChI=1S/C21H21F3N2O3/c22-21(23,24)18-8-4-7-17(25-18)20(28)11-15-9-10-16(12-20)26(15)19(27)29-13-14-5-2-1-3-6-14/h1-8,15-16,28H,9-13H2. The van der Waals surface area contributed by atoms with Crippen molar-refractivity contribution in [2.45, 2.75) is 56.2 Å². The molecule has 2 unspecified atom stereocenters. The van der Waals surface area contributed by atoms with Crippen LogP contribution >= 0.6 is 0 Å². The van der Waals surface area contributed by atoms with Crippen LogP contribution in [0.25, 0.3) is 0 Å². The van der Waals surface area contributed by atoms with Crippen molar-refractivity contribution in [3.05, 3.63) is 65.5 Å². The van der Waals surface area contributed by atoms with Crippen LogP contribution < -0.4 is 0 Å². The molecular formula is C21H21F3N2O3. The third kappa shape index (κ3) is 3.94. The Morgan fingerprint density at radius 3 is 2.38 bits per heavy atom. The van der Waals surface area contributed by atoms with Gasteiger partial charge in [0.2, 0.25) is 0 Å². The number of benzene rings is 1. The third-order valence-electron chi connectivity index (χ3n) is 5.70. The molecule has 1 N–H and O–H groups in total. The van der Waals surface area contributed by atoms with E-state index in [-0.39, 0.29) is 37.2 Å². The lowest BCUT2D eigenvalue weighted by Gasteiger charge is -2.42. The molecule has 29 heavy (non-hydrogen) atoms. The van der Waals surface area contributed by atoms with Gasteiger partial charge in [-0.3, -0.25) is 0 Å². The van der Waals surface area contributed by atoms with Gasteiger partial charge in [-0.15, -0.1) is 0 Å². The lowest BCUT2D eigenvalue weighted by molar-refractivity contribution is -0.141. The Bertz CT molecular complexity index is 874. The lowest BCUT2D eigenvalue weighted by atomic mass is 9.83. The number of hydrogen-bond donors (Lipinski definition) is 1. The van der Waals surface area contributed by atoms with Crippen molar-refractivity contribution in [2.24, 2.45) is 0 Å². The van der Waals surface area contributed by atoms with Crippen molar-refractivity contribution < 1.29 is 27.8 Å². The van der Waals surface area contributed by atoms with Crippen LogP contribution in [0.3, 0.4) is 0 Å². The number of pyridine rings is 1. The molecule has 2 aliphatic heterocycles. The van der Waals surface area contributed by atoms with E-state index >= 15 is 0 Å². The molecule has 5 nitrogen and oxygen atoms in total.